The van der Waals surface area contributed by atoms with Gasteiger partial charge in [0.05, 0.1) is 0 Å². The van der Waals surface area contributed by atoms with Crippen LogP contribution in [0.4, 0.5) is 0 Å². The fraction of sp³-hybridized carbons (Fsp3) is 0.741. The van der Waals surface area contributed by atoms with Gasteiger partial charge in [0.2, 0.25) is 0 Å². The summed E-state index contributed by atoms with van der Waals surface area (Å²) in [6, 6.07) is 7.46. The van der Waals surface area contributed by atoms with Crippen LogP contribution >= 0.6 is 11.6 Å². The third-order valence-electron chi connectivity index (χ3n) is 5.77. The van der Waals surface area contributed by atoms with Crippen LogP contribution in [0.15, 0.2) is 24.3 Å². The molecule has 0 saturated heterocycles. The van der Waals surface area contributed by atoms with Gasteiger partial charge in [-0.15, -0.1) is 0 Å². The predicted octanol–water partition coefficient (Wildman–Crippen LogP) is 9.42. The molecule has 1 aromatic carbocycles. The zero-order valence-corrected chi connectivity index (χ0v) is 20.2. The number of esters is 1. The number of hydrogen-bond acceptors (Lipinski definition) is 2. The van der Waals surface area contributed by atoms with Gasteiger partial charge in [0.15, 0.2) is 0 Å². The Labute approximate surface area is 191 Å². The molecule has 3 heteroatoms. The molecule has 0 aromatic heterocycles. The molecule has 0 bridgehead atoms. The van der Waals surface area contributed by atoms with E-state index in [-0.39, 0.29) is 5.97 Å². The summed E-state index contributed by atoms with van der Waals surface area (Å²) in [4.78, 5) is 11.8. The van der Waals surface area contributed by atoms with Crippen molar-refractivity contribution in [2.45, 2.75) is 129 Å². The molecule has 0 aliphatic rings. The van der Waals surface area contributed by atoms with E-state index in [1.165, 1.54) is 96.3 Å². The fourth-order valence-electron chi connectivity index (χ4n) is 3.86. The van der Waals surface area contributed by atoms with E-state index in [1.54, 1.807) is 0 Å². The molecule has 0 aliphatic heterocycles. The topological polar surface area (TPSA) is 26.3 Å². The van der Waals surface area contributed by atoms with E-state index >= 15 is 0 Å². The lowest BCUT2D eigenvalue weighted by molar-refractivity contribution is -0.145. The maximum absolute atomic E-state index is 11.8. The van der Waals surface area contributed by atoms with Gasteiger partial charge >= 0.3 is 5.97 Å². The molecule has 172 valence electrons. The van der Waals surface area contributed by atoms with Crippen LogP contribution in [0.2, 0.25) is 5.02 Å². The van der Waals surface area contributed by atoms with E-state index in [0.717, 1.165) is 18.4 Å². The van der Waals surface area contributed by atoms with Crippen LogP contribution in [0.3, 0.4) is 0 Å². The van der Waals surface area contributed by atoms with Gasteiger partial charge in [-0.3, -0.25) is 4.79 Å². The van der Waals surface area contributed by atoms with Crippen molar-refractivity contribution in [2.75, 3.05) is 0 Å². The zero-order chi connectivity index (χ0) is 21.7. The van der Waals surface area contributed by atoms with Crippen LogP contribution in [-0.2, 0) is 16.1 Å². The molecular formula is C27H45ClO2. The fourth-order valence-corrected chi connectivity index (χ4v) is 4.07. The summed E-state index contributed by atoms with van der Waals surface area (Å²) in [6.45, 7) is 2.60. The Balaban J connectivity index is 1.77. The molecule has 0 atom stereocenters. The van der Waals surface area contributed by atoms with E-state index in [4.69, 9.17) is 16.3 Å². The van der Waals surface area contributed by atoms with Crippen LogP contribution in [0.25, 0.3) is 0 Å². The highest BCUT2D eigenvalue weighted by molar-refractivity contribution is 6.30. The summed E-state index contributed by atoms with van der Waals surface area (Å²) in [7, 11) is 0. The summed E-state index contributed by atoms with van der Waals surface area (Å²) < 4.78 is 5.31. The molecule has 0 radical (unpaired) electrons. The van der Waals surface area contributed by atoms with Crippen molar-refractivity contribution in [3.05, 3.63) is 34.9 Å². The molecule has 0 unspecified atom stereocenters. The Morgan fingerprint density at radius 3 is 1.67 bits per heavy atom. The maximum Gasteiger partial charge on any atom is 0.306 e. The molecule has 30 heavy (non-hydrogen) atoms. The SMILES string of the molecule is CCCCCCCCCCCCCCCCCCCC(=O)OCc1cccc(Cl)c1. The van der Waals surface area contributed by atoms with Crippen molar-refractivity contribution >= 4 is 17.6 Å². The molecule has 2 nitrogen and oxygen atoms in total. The standard InChI is InChI=1S/C27H45ClO2/c1-2-3-4-5-6-7-8-9-10-11-12-13-14-15-16-17-18-22-27(29)30-24-25-20-19-21-26(28)23-25/h19-21,23H,2-18,22,24H2,1H3. The predicted molar refractivity (Wildman–Crippen MR) is 130 cm³/mol. The van der Waals surface area contributed by atoms with Gasteiger partial charge in [-0.25, -0.2) is 0 Å². The first-order valence-corrected chi connectivity index (χ1v) is 13.0. The van der Waals surface area contributed by atoms with E-state index in [1.807, 2.05) is 24.3 Å². The highest BCUT2D eigenvalue weighted by Gasteiger charge is 2.04. The number of halogens is 1. The Kier molecular flexibility index (Phi) is 17.9. The molecule has 0 amide bonds. The summed E-state index contributed by atoms with van der Waals surface area (Å²) in [6.07, 6.45) is 23.5. The van der Waals surface area contributed by atoms with Crippen LogP contribution in [0.5, 0.6) is 0 Å². The van der Waals surface area contributed by atoms with Crippen molar-refractivity contribution in [3.8, 4) is 0 Å². The van der Waals surface area contributed by atoms with E-state index in [0.29, 0.717) is 18.1 Å². The molecule has 0 fully saturated rings. The van der Waals surface area contributed by atoms with Crippen LogP contribution in [-0.4, -0.2) is 5.97 Å². The number of benzene rings is 1. The minimum Gasteiger partial charge on any atom is -0.461 e. The minimum absolute atomic E-state index is 0.101. The maximum atomic E-state index is 11.8. The minimum atomic E-state index is -0.101. The monoisotopic (exact) mass is 436 g/mol. The number of carbonyl (C=O) groups excluding carboxylic acids is 1. The van der Waals surface area contributed by atoms with Gasteiger partial charge in [-0.05, 0) is 24.1 Å². The second-order valence-corrected chi connectivity index (χ2v) is 9.13. The lowest BCUT2D eigenvalue weighted by Gasteiger charge is -2.06. The third kappa shape index (κ3) is 16.7. The first-order chi connectivity index (χ1) is 14.7. The molecule has 0 N–H and O–H groups in total. The van der Waals surface area contributed by atoms with Gasteiger partial charge in [0.25, 0.3) is 0 Å². The number of carbonyl (C=O) groups is 1. The average Bonchev–Trinajstić information content (AvgIpc) is 2.74. The molecule has 0 aliphatic carbocycles. The largest absolute Gasteiger partial charge is 0.461 e. The van der Waals surface area contributed by atoms with Gasteiger partial charge < -0.3 is 4.74 Å². The Morgan fingerprint density at radius 1 is 0.733 bits per heavy atom. The van der Waals surface area contributed by atoms with Crippen LogP contribution in [0.1, 0.15) is 128 Å². The first-order valence-electron chi connectivity index (χ1n) is 12.6. The second kappa shape index (κ2) is 19.9. The lowest BCUT2D eigenvalue weighted by Crippen LogP contribution is -2.04. The number of ether oxygens (including phenoxy) is 1. The second-order valence-electron chi connectivity index (χ2n) is 8.70. The third-order valence-corrected chi connectivity index (χ3v) is 6.01. The Bertz CT molecular complexity index is 529. The highest BCUT2D eigenvalue weighted by atomic mass is 35.5. The van der Waals surface area contributed by atoms with E-state index in [2.05, 4.69) is 6.92 Å². The van der Waals surface area contributed by atoms with E-state index < -0.39 is 0 Å². The molecule has 0 heterocycles. The number of hydrogen-bond donors (Lipinski definition) is 0. The van der Waals surface area contributed by atoms with Crippen molar-refractivity contribution in [2.24, 2.45) is 0 Å². The Hall–Kier alpha value is -1.02. The Morgan fingerprint density at radius 2 is 1.20 bits per heavy atom. The van der Waals surface area contributed by atoms with Crippen LogP contribution < -0.4 is 0 Å². The van der Waals surface area contributed by atoms with Crippen molar-refractivity contribution in [1.29, 1.82) is 0 Å². The number of rotatable bonds is 20. The van der Waals surface area contributed by atoms with Crippen molar-refractivity contribution < 1.29 is 9.53 Å². The molecule has 1 aromatic rings. The van der Waals surface area contributed by atoms with Crippen molar-refractivity contribution in [3.63, 3.8) is 0 Å². The van der Waals surface area contributed by atoms with Crippen molar-refractivity contribution in [1.82, 2.24) is 0 Å². The molecule has 0 saturated carbocycles. The number of unbranched alkanes of at least 4 members (excludes halogenated alkanes) is 16. The van der Waals surface area contributed by atoms with Gasteiger partial charge in [-0.2, -0.15) is 0 Å². The first kappa shape index (κ1) is 27.0. The summed E-state index contributed by atoms with van der Waals surface area (Å²) in [5.74, 6) is -0.101. The van der Waals surface area contributed by atoms with Gasteiger partial charge in [0, 0.05) is 11.4 Å². The summed E-state index contributed by atoms with van der Waals surface area (Å²) in [5, 5.41) is 0.678. The van der Waals surface area contributed by atoms with Gasteiger partial charge in [-0.1, -0.05) is 133 Å². The smallest absolute Gasteiger partial charge is 0.306 e. The van der Waals surface area contributed by atoms with Crippen LogP contribution in [0, 0.1) is 0 Å². The average molecular weight is 437 g/mol. The zero-order valence-electron chi connectivity index (χ0n) is 19.4. The molecule has 0 spiro atoms. The normalized spacial score (nSPS) is 11.0. The highest BCUT2D eigenvalue weighted by Crippen LogP contribution is 2.15. The van der Waals surface area contributed by atoms with Gasteiger partial charge in [0.1, 0.15) is 6.61 Å². The summed E-state index contributed by atoms with van der Waals surface area (Å²) >= 11 is 5.94. The lowest BCUT2D eigenvalue weighted by atomic mass is 10.0. The van der Waals surface area contributed by atoms with E-state index in [9.17, 15) is 4.79 Å². The summed E-state index contributed by atoms with van der Waals surface area (Å²) in [5.41, 5.74) is 0.943. The molecular weight excluding hydrogens is 392 g/mol. The quantitative estimate of drug-likeness (QED) is 0.150. The molecule has 1 rings (SSSR count).